The predicted molar refractivity (Wildman–Crippen MR) is 95.9 cm³/mol. The summed E-state index contributed by atoms with van der Waals surface area (Å²) in [6.07, 6.45) is 2.61. The fourth-order valence-electron chi connectivity index (χ4n) is 3.60. The molecule has 1 unspecified atom stereocenters. The summed E-state index contributed by atoms with van der Waals surface area (Å²) in [6, 6.07) is 14.1. The van der Waals surface area contributed by atoms with E-state index in [2.05, 4.69) is 41.7 Å². The van der Waals surface area contributed by atoms with E-state index >= 15 is 0 Å². The molecule has 25 heavy (non-hydrogen) atoms. The van der Waals surface area contributed by atoms with Gasteiger partial charge in [0.25, 0.3) is 0 Å². The van der Waals surface area contributed by atoms with Crippen LogP contribution in [-0.2, 0) is 9.63 Å². The molecule has 2 aromatic carbocycles. The first-order valence-corrected chi connectivity index (χ1v) is 8.38. The van der Waals surface area contributed by atoms with Gasteiger partial charge in [0.2, 0.25) is 6.41 Å². The number of benzene rings is 2. The number of methoxy groups -OCH3 is 1. The molecule has 5 nitrogen and oxygen atoms in total. The summed E-state index contributed by atoms with van der Waals surface area (Å²) in [5.41, 5.74) is 4.62. The molecule has 1 amide bonds. The molecule has 0 radical (unpaired) electrons. The van der Waals surface area contributed by atoms with E-state index in [1.165, 1.54) is 5.56 Å². The lowest BCUT2D eigenvalue weighted by Gasteiger charge is -2.20. The van der Waals surface area contributed by atoms with Crippen LogP contribution in [0.1, 0.15) is 35.6 Å². The number of ether oxygens (including phenoxy) is 1. The Labute approximate surface area is 146 Å². The summed E-state index contributed by atoms with van der Waals surface area (Å²) in [4.78, 5) is 16.9. The summed E-state index contributed by atoms with van der Waals surface area (Å²) in [7, 11) is 1.59. The first-order valence-electron chi connectivity index (χ1n) is 8.38. The van der Waals surface area contributed by atoms with Gasteiger partial charge in [-0.1, -0.05) is 47.1 Å². The molecule has 1 aliphatic carbocycles. The van der Waals surface area contributed by atoms with Crippen LogP contribution < -0.4 is 10.1 Å². The lowest BCUT2D eigenvalue weighted by molar-refractivity contribution is -0.105. The van der Waals surface area contributed by atoms with Crippen molar-refractivity contribution < 1.29 is 14.4 Å². The van der Waals surface area contributed by atoms with Crippen molar-refractivity contribution in [1.82, 2.24) is 0 Å². The normalized spacial score (nSPS) is 19.9. The van der Waals surface area contributed by atoms with Crippen molar-refractivity contribution in [3.63, 3.8) is 0 Å². The second-order valence-corrected chi connectivity index (χ2v) is 6.64. The fraction of sp³-hybridized carbons (Fsp3) is 0.300. The van der Waals surface area contributed by atoms with Gasteiger partial charge in [-0.05, 0) is 31.4 Å². The number of carbonyl (C=O) groups is 1. The van der Waals surface area contributed by atoms with E-state index in [0.717, 1.165) is 29.7 Å². The van der Waals surface area contributed by atoms with Crippen LogP contribution >= 0.6 is 0 Å². The van der Waals surface area contributed by atoms with Crippen LogP contribution in [0.25, 0.3) is 0 Å². The zero-order valence-corrected chi connectivity index (χ0v) is 14.3. The quantitative estimate of drug-likeness (QED) is 0.844. The van der Waals surface area contributed by atoms with Gasteiger partial charge in [-0.2, -0.15) is 0 Å². The molecule has 0 bridgehead atoms. The van der Waals surface area contributed by atoms with Crippen molar-refractivity contribution in [1.29, 1.82) is 0 Å². The predicted octanol–water partition coefficient (Wildman–Crippen LogP) is 3.83. The van der Waals surface area contributed by atoms with Crippen LogP contribution in [0.15, 0.2) is 47.6 Å². The van der Waals surface area contributed by atoms with Crippen LogP contribution in [0.5, 0.6) is 5.75 Å². The molecule has 5 heteroatoms. The maximum absolute atomic E-state index is 11.1. The molecular weight excluding hydrogens is 316 g/mol. The monoisotopic (exact) mass is 336 g/mol. The molecule has 2 aliphatic rings. The van der Waals surface area contributed by atoms with Crippen LogP contribution in [0, 0.1) is 12.3 Å². The van der Waals surface area contributed by atoms with Crippen molar-refractivity contribution in [2.45, 2.75) is 25.9 Å². The van der Waals surface area contributed by atoms with Gasteiger partial charge < -0.3 is 14.9 Å². The molecule has 4 rings (SSSR count). The SMILES string of the molecule is COc1cccc(C2=NOC(c3ccc(C)cc3)C23CC3)c1NC=O. The average molecular weight is 336 g/mol. The maximum atomic E-state index is 11.1. The second-order valence-electron chi connectivity index (χ2n) is 6.64. The summed E-state index contributed by atoms with van der Waals surface area (Å²) >= 11 is 0. The van der Waals surface area contributed by atoms with Crippen molar-refractivity contribution in [2.75, 3.05) is 12.4 Å². The molecule has 1 N–H and O–H groups in total. The molecule has 1 fully saturated rings. The number of nitrogens with zero attached hydrogens (tertiary/aromatic N) is 1. The Morgan fingerprint density at radius 1 is 1.24 bits per heavy atom. The Morgan fingerprint density at radius 2 is 2.00 bits per heavy atom. The molecule has 2 aromatic rings. The van der Waals surface area contributed by atoms with E-state index in [1.807, 2.05) is 18.2 Å². The van der Waals surface area contributed by atoms with E-state index < -0.39 is 0 Å². The number of nitrogens with one attached hydrogen (secondary N) is 1. The number of para-hydroxylation sites is 1. The molecule has 1 saturated carbocycles. The van der Waals surface area contributed by atoms with Gasteiger partial charge in [-0.15, -0.1) is 0 Å². The van der Waals surface area contributed by atoms with Crippen molar-refractivity contribution in [3.05, 3.63) is 59.2 Å². The minimum atomic E-state index is -0.124. The van der Waals surface area contributed by atoms with Crippen molar-refractivity contribution >= 4 is 17.8 Å². The van der Waals surface area contributed by atoms with Gasteiger partial charge in [0.15, 0.2) is 6.10 Å². The average Bonchev–Trinajstić information content (AvgIpc) is 3.32. The van der Waals surface area contributed by atoms with Gasteiger partial charge in [0, 0.05) is 5.56 Å². The smallest absolute Gasteiger partial charge is 0.211 e. The fourth-order valence-corrected chi connectivity index (χ4v) is 3.60. The van der Waals surface area contributed by atoms with Gasteiger partial charge in [0.05, 0.1) is 23.9 Å². The zero-order chi connectivity index (χ0) is 17.4. The zero-order valence-electron chi connectivity index (χ0n) is 14.3. The number of hydrogen-bond acceptors (Lipinski definition) is 4. The molecule has 128 valence electrons. The highest BCUT2D eigenvalue weighted by Crippen LogP contribution is 2.62. The third kappa shape index (κ3) is 2.47. The number of anilines is 1. The molecule has 0 saturated heterocycles. The van der Waals surface area contributed by atoms with Gasteiger partial charge >= 0.3 is 0 Å². The highest BCUT2D eigenvalue weighted by atomic mass is 16.6. The highest BCUT2D eigenvalue weighted by Gasteiger charge is 2.60. The number of rotatable bonds is 5. The Hall–Kier alpha value is -2.82. The van der Waals surface area contributed by atoms with E-state index in [-0.39, 0.29) is 11.5 Å². The van der Waals surface area contributed by atoms with Gasteiger partial charge in [-0.25, -0.2) is 0 Å². The Bertz CT molecular complexity index is 839. The second kappa shape index (κ2) is 5.92. The number of amides is 1. The summed E-state index contributed by atoms with van der Waals surface area (Å²) < 4.78 is 5.39. The van der Waals surface area contributed by atoms with Crippen LogP contribution in [0.3, 0.4) is 0 Å². The topological polar surface area (TPSA) is 59.9 Å². The van der Waals surface area contributed by atoms with Crippen LogP contribution in [0.4, 0.5) is 5.69 Å². The largest absolute Gasteiger partial charge is 0.495 e. The standard InChI is InChI=1S/C20H20N2O3/c1-13-6-8-14(9-7-13)19-20(10-11-20)18(22-25-19)15-4-3-5-16(24-2)17(15)21-12-23/h3-9,12,19H,10-11H2,1-2H3,(H,21,23). The number of hydrogen-bond donors (Lipinski definition) is 1. The molecule has 1 heterocycles. The summed E-state index contributed by atoms with van der Waals surface area (Å²) in [5.74, 6) is 0.613. The third-order valence-electron chi connectivity index (χ3n) is 5.10. The summed E-state index contributed by atoms with van der Waals surface area (Å²) in [5, 5.41) is 7.18. The van der Waals surface area contributed by atoms with Gasteiger partial charge in [-0.3, -0.25) is 4.79 Å². The maximum Gasteiger partial charge on any atom is 0.211 e. The first kappa shape index (κ1) is 15.7. The Balaban J connectivity index is 1.74. The Morgan fingerprint density at radius 3 is 2.64 bits per heavy atom. The highest BCUT2D eigenvalue weighted by molar-refractivity contribution is 6.12. The Kier molecular flexibility index (Phi) is 3.71. The number of oxime groups is 1. The van der Waals surface area contributed by atoms with E-state index in [1.54, 1.807) is 7.11 Å². The van der Waals surface area contributed by atoms with Gasteiger partial charge in [0.1, 0.15) is 5.75 Å². The minimum Gasteiger partial charge on any atom is -0.495 e. The van der Waals surface area contributed by atoms with Crippen LogP contribution in [-0.4, -0.2) is 19.2 Å². The molecular formula is C20H20N2O3. The van der Waals surface area contributed by atoms with E-state index in [4.69, 9.17) is 9.57 Å². The third-order valence-corrected chi connectivity index (χ3v) is 5.10. The number of carbonyl (C=O) groups excluding carboxylic acids is 1. The molecule has 1 spiro atoms. The lowest BCUT2D eigenvalue weighted by atomic mass is 9.85. The first-order chi connectivity index (χ1) is 12.2. The van der Waals surface area contributed by atoms with Crippen LogP contribution in [0.2, 0.25) is 0 Å². The molecule has 0 aromatic heterocycles. The molecule has 1 aliphatic heterocycles. The minimum absolute atomic E-state index is 0.0848. The van der Waals surface area contributed by atoms with Crippen molar-refractivity contribution in [2.24, 2.45) is 10.6 Å². The lowest BCUT2D eigenvalue weighted by Crippen LogP contribution is -2.21. The number of aryl methyl sites for hydroxylation is 1. The van der Waals surface area contributed by atoms with E-state index in [9.17, 15) is 4.79 Å². The summed E-state index contributed by atoms with van der Waals surface area (Å²) in [6.45, 7) is 2.07. The van der Waals surface area contributed by atoms with E-state index in [0.29, 0.717) is 17.8 Å². The van der Waals surface area contributed by atoms with Crippen molar-refractivity contribution in [3.8, 4) is 5.75 Å². The molecule has 1 atom stereocenters.